The highest BCUT2D eigenvalue weighted by Crippen LogP contribution is 2.23. The highest BCUT2D eigenvalue weighted by atomic mass is 127. The molecule has 1 aliphatic heterocycles. The Balaban J connectivity index is 0.00000264. The number of piperazine rings is 1. The molecule has 0 unspecified atom stereocenters. The predicted molar refractivity (Wildman–Crippen MR) is 110 cm³/mol. The van der Waals surface area contributed by atoms with Gasteiger partial charge in [0, 0.05) is 52.4 Å². The molecule has 0 bridgehead atoms. The van der Waals surface area contributed by atoms with Gasteiger partial charge in [-0.3, -0.25) is 9.89 Å². The molecule has 0 atom stereocenters. The molecule has 23 heavy (non-hydrogen) atoms. The second-order valence-corrected chi connectivity index (χ2v) is 6.88. The third-order valence-corrected chi connectivity index (χ3v) is 5.21. The van der Waals surface area contributed by atoms with E-state index in [1.54, 1.807) is 0 Å². The first-order valence-corrected chi connectivity index (χ1v) is 9.13. The van der Waals surface area contributed by atoms with Crippen LogP contribution in [0.2, 0.25) is 0 Å². The van der Waals surface area contributed by atoms with Gasteiger partial charge in [-0.25, -0.2) is 0 Å². The molecule has 5 nitrogen and oxygen atoms in total. The molecule has 2 N–H and O–H groups in total. The third-order valence-electron chi connectivity index (χ3n) is 5.21. The van der Waals surface area contributed by atoms with Gasteiger partial charge in [0.05, 0.1) is 0 Å². The van der Waals surface area contributed by atoms with E-state index in [2.05, 4.69) is 39.3 Å². The summed E-state index contributed by atoms with van der Waals surface area (Å²) in [5.41, 5.74) is 0. The minimum atomic E-state index is 0. The fourth-order valence-corrected chi connectivity index (χ4v) is 3.45. The lowest BCUT2D eigenvalue weighted by atomic mass is 9.87. The van der Waals surface area contributed by atoms with Crippen LogP contribution in [0.15, 0.2) is 4.99 Å². The van der Waals surface area contributed by atoms with Gasteiger partial charge in [-0.1, -0.05) is 13.8 Å². The molecule has 1 heterocycles. The molecule has 0 aromatic rings. The van der Waals surface area contributed by atoms with Crippen LogP contribution < -0.4 is 10.6 Å². The first kappa shape index (κ1) is 21.0. The maximum atomic E-state index is 4.38. The first-order valence-electron chi connectivity index (χ1n) is 9.13. The number of guanidine groups is 1. The summed E-state index contributed by atoms with van der Waals surface area (Å²) in [4.78, 5) is 9.45. The van der Waals surface area contributed by atoms with Gasteiger partial charge in [0.1, 0.15) is 0 Å². The third kappa shape index (κ3) is 7.56. The summed E-state index contributed by atoms with van der Waals surface area (Å²) < 4.78 is 0. The number of halogens is 1. The highest BCUT2D eigenvalue weighted by molar-refractivity contribution is 14.0. The molecule has 0 radical (unpaired) electrons. The molecule has 136 valence electrons. The number of rotatable bonds is 5. The molecule has 0 aromatic heterocycles. The Hall–Kier alpha value is -0.0800. The lowest BCUT2D eigenvalue weighted by Crippen LogP contribution is -2.50. The Morgan fingerprint density at radius 3 is 2.22 bits per heavy atom. The largest absolute Gasteiger partial charge is 0.355 e. The number of hydrogen-bond acceptors (Lipinski definition) is 3. The Kier molecular flexibility index (Phi) is 10.5. The Bertz CT molecular complexity index is 334. The summed E-state index contributed by atoms with van der Waals surface area (Å²) >= 11 is 0. The van der Waals surface area contributed by atoms with Crippen LogP contribution in [0.5, 0.6) is 0 Å². The van der Waals surface area contributed by atoms with Crippen molar-refractivity contribution in [2.24, 2.45) is 10.9 Å². The number of nitrogens with one attached hydrogen (secondary N) is 2. The van der Waals surface area contributed by atoms with E-state index < -0.39 is 0 Å². The molecule has 0 spiro atoms. The van der Waals surface area contributed by atoms with Crippen LogP contribution in [-0.2, 0) is 0 Å². The van der Waals surface area contributed by atoms with Crippen molar-refractivity contribution in [2.45, 2.75) is 45.6 Å². The topological polar surface area (TPSA) is 42.9 Å². The van der Waals surface area contributed by atoms with Crippen LogP contribution in [-0.4, -0.2) is 74.7 Å². The van der Waals surface area contributed by atoms with Crippen LogP contribution in [0, 0.1) is 5.92 Å². The van der Waals surface area contributed by atoms with Crippen molar-refractivity contribution in [2.75, 3.05) is 52.9 Å². The summed E-state index contributed by atoms with van der Waals surface area (Å²) in [5, 5.41) is 7.08. The molecule has 2 aliphatic rings. The number of aliphatic imine (C=N–C) groups is 1. The van der Waals surface area contributed by atoms with Gasteiger partial charge in [0.25, 0.3) is 0 Å². The molecule has 1 saturated carbocycles. The van der Waals surface area contributed by atoms with Gasteiger partial charge in [0.2, 0.25) is 0 Å². The monoisotopic (exact) mass is 437 g/mol. The minimum Gasteiger partial charge on any atom is -0.355 e. The number of likely N-dealkylation sites (N-methyl/N-ethyl adjacent to an activating group) is 1. The van der Waals surface area contributed by atoms with E-state index in [9.17, 15) is 0 Å². The smallest absolute Gasteiger partial charge is 0.191 e. The van der Waals surface area contributed by atoms with Crippen molar-refractivity contribution in [1.82, 2.24) is 20.4 Å². The van der Waals surface area contributed by atoms with Crippen LogP contribution >= 0.6 is 24.0 Å². The molecule has 2 fully saturated rings. The van der Waals surface area contributed by atoms with Crippen molar-refractivity contribution in [3.8, 4) is 0 Å². The quantitative estimate of drug-likeness (QED) is 0.392. The Morgan fingerprint density at radius 2 is 1.65 bits per heavy atom. The second-order valence-electron chi connectivity index (χ2n) is 6.88. The van der Waals surface area contributed by atoms with Crippen molar-refractivity contribution in [3.05, 3.63) is 0 Å². The number of nitrogens with zero attached hydrogens (tertiary/aromatic N) is 3. The summed E-state index contributed by atoms with van der Waals surface area (Å²) in [7, 11) is 1.88. The van der Waals surface area contributed by atoms with Crippen LogP contribution in [0.25, 0.3) is 0 Å². The van der Waals surface area contributed by atoms with Gasteiger partial charge in [-0.05, 0) is 38.1 Å². The summed E-state index contributed by atoms with van der Waals surface area (Å²) in [5.74, 6) is 1.88. The van der Waals surface area contributed by atoms with Gasteiger partial charge in [-0.15, -0.1) is 24.0 Å². The molecule has 2 rings (SSSR count). The van der Waals surface area contributed by atoms with E-state index in [0.29, 0.717) is 6.04 Å². The maximum absolute atomic E-state index is 4.38. The standard InChI is InChI=1S/C17H35N5.HI/c1-4-21-11-13-22(14-12-21)10-9-19-17(18-3)20-16-7-5-15(2)6-8-16;/h15-16H,4-14H2,1-3H3,(H2,18,19,20);1H. The van der Waals surface area contributed by atoms with E-state index in [1.807, 2.05) is 7.05 Å². The van der Waals surface area contributed by atoms with Gasteiger partial charge in [0.15, 0.2) is 5.96 Å². The maximum Gasteiger partial charge on any atom is 0.191 e. The molecular weight excluding hydrogens is 401 g/mol. The zero-order valence-corrected chi connectivity index (χ0v) is 17.5. The normalized spacial score (nSPS) is 27.3. The van der Waals surface area contributed by atoms with E-state index >= 15 is 0 Å². The predicted octanol–water partition coefficient (Wildman–Crippen LogP) is 1.99. The van der Waals surface area contributed by atoms with E-state index in [-0.39, 0.29) is 24.0 Å². The highest BCUT2D eigenvalue weighted by Gasteiger charge is 2.19. The van der Waals surface area contributed by atoms with Gasteiger partial charge >= 0.3 is 0 Å². The van der Waals surface area contributed by atoms with Crippen molar-refractivity contribution >= 4 is 29.9 Å². The van der Waals surface area contributed by atoms with Crippen LogP contribution in [0.4, 0.5) is 0 Å². The van der Waals surface area contributed by atoms with Crippen molar-refractivity contribution in [1.29, 1.82) is 0 Å². The fourth-order valence-electron chi connectivity index (χ4n) is 3.45. The molecule has 1 aliphatic carbocycles. The van der Waals surface area contributed by atoms with E-state index in [0.717, 1.165) is 25.0 Å². The number of hydrogen-bond donors (Lipinski definition) is 2. The molecule has 0 aromatic carbocycles. The van der Waals surface area contributed by atoms with Crippen molar-refractivity contribution < 1.29 is 0 Å². The first-order chi connectivity index (χ1) is 10.7. The lowest BCUT2D eigenvalue weighted by Gasteiger charge is -2.34. The zero-order chi connectivity index (χ0) is 15.8. The average molecular weight is 437 g/mol. The SMILES string of the molecule is CCN1CCN(CCNC(=NC)NC2CCC(C)CC2)CC1.I. The Labute approximate surface area is 159 Å². The van der Waals surface area contributed by atoms with Crippen molar-refractivity contribution in [3.63, 3.8) is 0 Å². The second kappa shape index (κ2) is 11.5. The average Bonchev–Trinajstić information content (AvgIpc) is 2.56. The van der Waals surface area contributed by atoms with Gasteiger partial charge in [-0.2, -0.15) is 0 Å². The zero-order valence-electron chi connectivity index (χ0n) is 15.2. The minimum absolute atomic E-state index is 0. The van der Waals surface area contributed by atoms with E-state index in [1.165, 1.54) is 58.4 Å². The molecule has 6 heteroatoms. The fraction of sp³-hybridized carbons (Fsp3) is 0.941. The molecule has 0 amide bonds. The lowest BCUT2D eigenvalue weighted by molar-refractivity contribution is 0.139. The van der Waals surface area contributed by atoms with Crippen LogP contribution in [0.3, 0.4) is 0 Å². The molecule has 1 saturated heterocycles. The van der Waals surface area contributed by atoms with Crippen LogP contribution in [0.1, 0.15) is 39.5 Å². The molecular formula is C17H36IN5. The summed E-state index contributed by atoms with van der Waals surface area (Å²) in [6.45, 7) is 12.7. The summed E-state index contributed by atoms with van der Waals surface area (Å²) in [6.07, 6.45) is 5.24. The Morgan fingerprint density at radius 1 is 1.04 bits per heavy atom. The van der Waals surface area contributed by atoms with Gasteiger partial charge < -0.3 is 15.5 Å². The van der Waals surface area contributed by atoms with E-state index in [4.69, 9.17) is 0 Å². The summed E-state index contributed by atoms with van der Waals surface area (Å²) in [6, 6.07) is 0.607.